The van der Waals surface area contributed by atoms with Gasteiger partial charge in [0.1, 0.15) is 5.82 Å². The van der Waals surface area contributed by atoms with E-state index in [1.807, 2.05) is 24.3 Å². The fourth-order valence-corrected chi connectivity index (χ4v) is 3.42. The van der Waals surface area contributed by atoms with Gasteiger partial charge in [-0.1, -0.05) is 12.1 Å². The molecule has 1 aliphatic rings. The van der Waals surface area contributed by atoms with Crippen molar-refractivity contribution in [3.8, 4) is 0 Å². The molecule has 4 rings (SSSR count). The summed E-state index contributed by atoms with van der Waals surface area (Å²) in [6.07, 6.45) is 0.170. The summed E-state index contributed by atoms with van der Waals surface area (Å²) in [5, 5.41) is 8.06. The average molecular weight is 426 g/mol. The number of carbonyl (C=O) groups is 2. The minimum atomic E-state index is -0.316. The molecule has 3 heterocycles. The van der Waals surface area contributed by atoms with E-state index in [9.17, 15) is 9.59 Å². The number of aromatic nitrogens is 4. The molecule has 2 amide bonds. The van der Waals surface area contributed by atoms with Crippen molar-refractivity contribution in [1.29, 1.82) is 0 Å². The summed E-state index contributed by atoms with van der Waals surface area (Å²) in [7, 11) is 0. The predicted octanol–water partition coefficient (Wildman–Crippen LogP) is 0.258. The zero-order valence-corrected chi connectivity index (χ0v) is 17.4. The van der Waals surface area contributed by atoms with Gasteiger partial charge >= 0.3 is 0 Å². The van der Waals surface area contributed by atoms with Crippen molar-refractivity contribution >= 4 is 34.3 Å². The number of amides is 2. The van der Waals surface area contributed by atoms with E-state index >= 15 is 0 Å². The molecule has 1 aliphatic heterocycles. The fraction of sp³-hybridized carbons (Fsp3) is 0.450. The van der Waals surface area contributed by atoms with Crippen LogP contribution in [0.25, 0.3) is 16.6 Å². The number of rotatable bonds is 8. The molecule has 31 heavy (non-hydrogen) atoms. The molecule has 3 aromatic rings. The van der Waals surface area contributed by atoms with Gasteiger partial charge in [0, 0.05) is 44.4 Å². The van der Waals surface area contributed by atoms with Crippen LogP contribution in [0.5, 0.6) is 0 Å². The molecule has 1 fully saturated rings. The molecule has 0 aliphatic carbocycles. The van der Waals surface area contributed by atoms with Crippen molar-refractivity contribution in [3.05, 3.63) is 30.1 Å². The van der Waals surface area contributed by atoms with Gasteiger partial charge in [0.2, 0.25) is 17.8 Å². The summed E-state index contributed by atoms with van der Waals surface area (Å²) in [5.74, 6) is 0.476. The summed E-state index contributed by atoms with van der Waals surface area (Å²) < 4.78 is 6.85. The van der Waals surface area contributed by atoms with Crippen molar-refractivity contribution in [2.75, 3.05) is 44.8 Å². The molecule has 1 aromatic carbocycles. The third kappa shape index (κ3) is 5.25. The van der Waals surface area contributed by atoms with Crippen molar-refractivity contribution in [1.82, 2.24) is 35.2 Å². The van der Waals surface area contributed by atoms with E-state index in [4.69, 9.17) is 4.74 Å². The molecular formula is C20H26N8O3. The Morgan fingerprint density at radius 1 is 1.10 bits per heavy atom. The molecule has 1 saturated heterocycles. The van der Waals surface area contributed by atoms with Crippen LogP contribution in [0.3, 0.4) is 0 Å². The van der Waals surface area contributed by atoms with Gasteiger partial charge in [-0.25, -0.2) is 9.97 Å². The topological polar surface area (TPSA) is 126 Å². The normalized spacial score (nSPS) is 14.6. The summed E-state index contributed by atoms with van der Waals surface area (Å²) >= 11 is 0. The third-order valence-electron chi connectivity index (χ3n) is 5.03. The van der Waals surface area contributed by atoms with Gasteiger partial charge < -0.3 is 10.1 Å². The first-order valence-electron chi connectivity index (χ1n) is 10.3. The summed E-state index contributed by atoms with van der Waals surface area (Å²) in [6.45, 7) is 6.35. The number of para-hydroxylation sites is 1. The Morgan fingerprint density at radius 2 is 1.87 bits per heavy atom. The number of ether oxygens (including phenoxy) is 1. The fourth-order valence-electron chi connectivity index (χ4n) is 3.42. The molecule has 3 N–H and O–H groups in total. The predicted molar refractivity (Wildman–Crippen MR) is 114 cm³/mol. The molecule has 0 saturated carbocycles. The maximum atomic E-state index is 12.2. The molecule has 0 unspecified atom stereocenters. The number of anilines is 1. The number of fused-ring (bicyclic) bond motifs is 3. The highest BCUT2D eigenvalue weighted by Crippen LogP contribution is 2.19. The molecule has 11 heteroatoms. The van der Waals surface area contributed by atoms with Crippen LogP contribution in [-0.2, 0) is 14.3 Å². The van der Waals surface area contributed by atoms with Gasteiger partial charge in [-0.2, -0.15) is 4.52 Å². The number of morpholine rings is 1. The Bertz CT molecular complexity index is 1080. The molecule has 11 nitrogen and oxygen atoms in total. The van der Waals surface area contributed by atoms with E-state index in [1.54, 1.807) is 11.4 Å². The minimum Gasteiger partial charge on any atom is -0.379 e. The Balaban J connectivity index is 1.26. The van der Waals surface area contributed by atoms with E-state index in [-0.39, 0.29) is 24.7 Å². The number of hydrogen-bond acceptors (Lipinski definition) is 8. The molecule has 2 aromatic heterocycles. The van der Waals surface area contributed by atoms with E-state index in [1.165, 1.54) is 0 Å². The zero-order chi connectivity index (χ0) is 21.6. The molecule has 0 atom stereocenters. The van der Waals surface area contributed by atoms with E-state index in [0.717, 1.165) is 43.8 Å². The Hall–Kier alpha value is -3.31. The van der Waals surface area contributed by atoms with E-state index < -0.39 is 0 Å². The van der Waals surface area contributed by atoms with Crippen LogP contribution in [0.4, 0.5) is 5.95 Å². The molecule has 0 bridgehead atoms. The quantitative estimate of drug-likeness (QED) is 0.438. The minimum absolute atomic E-state index is 0.0590. The van der Waals surface area contributed by atoms with Crippen LogP contribution in [0.15, 0.2) is 24.3 Å². The average Bonchev–Trinajstić information content (AvgIpc) is 3.18. The van der Waals surface area contributed by atoms with Gasteiger partial charge in [-0.05, 0) is 19.1 Å². The third-order valence-corrected chi connectivity index (χ3v) is 5.03. The lowest BCUT2D eigenvalue weighted by Gasteiger charge is -2.26. The number of aryl methyl sites for hydroxylation is 1. The second-order valence-corrected chi connectivity index (χ2v) is 7.32. The lowest BCUT2D eigenvalue weighted by molar-refractivity contribution is -0.126. The highest BCUT2D eigenvalue weighted by molar-refractivity contribution is 5.92. The second kappa shape index (κ2) is 9.67. The summed E-state index contributed by atoms with van der Waals surface area (Å²) in [6, 6.07) is 7.59. The first kappa shape index (κ1) is 20.9. The van der Waals surface area contributed by atoms with E-state index in [0.29, 0.717) is 24.0 Å². The number of hydrogen-bond donors (Lipinski definition) is 3. The van der Waals surface area contributed by atoms with Crippen LogP contribution in [0.1, 0.15) is 18.7 Å². The standard InChI is InChI=1S/C20H26N8O3/c1-14-22-19-15-4-2-3-5-16(15)23-20(28(19)26-14)25-24-18(30)7-6-17(29)21-8-9-27-10-12-31-13-11-27/h2-5H,6-13H2,1H3,(H,21,29)(H,23,25)(H,24,30). The van der Waals surface area contributed by atoms with Crippen LogP contribution < -0.4 is 16.2 Å². The van der Waals surface area contributed by atoms with Gasteiger partial charge in [0.15, 0.2) is 5.65 Å². The zero-order valence-electron chi connectivity index (χ0n) is 17.4. The Morgan fingerprint density at radius 3 is 2.71 bits per heavy atom. The van der Waals surface area contributed by atoms with Crippen molar-refractivity contribution in [2.24, 2.45) is 0 Å². The smallest absolute Gasteiger partial charge is 0.245 e. The highest BCUT2D eigenvalue weighted by atomic mass is 16.5. The van der Waals surface area contributed by atoms with Gasteiger partial charge in [0.05, 0.1) is 18.7 Å². The number of nitrogens with zero attached hydrogens (tertiary/aromatic N) is 5. The molecule has 0 radical (unpaired) electrons. The van der Waals surface area contributed by atoms with Crippen LogP contribution in [0.2, 0.25) is 0 Å². The lowest BCUT2D eigenvalue weighted by Crippen LogP contribution is -2.41. The first-order valence-corrected chi connectivity index (χ1v) is 10.3. The number of nitrogens with one attached hydrogen (secondary N) is 3. The maximum Gasteiger partial charge on any atom is 0.245 e. The van der Waals surface area contributed by atoms with Crippen molar-refractivity contribution in [3.63, 3.8) is 0 Å². The first-order chi connectivity index (χ1) is 15.1. The number of carbonyl (C=O) groups excluding carboxylic acids is 2. The Kier molecular flexibility index (Phi) is 6.53. The molecular weight excluding hydrogens is 400 g/mol. The summed E-state index contributed by atoms with van der Waals surface area (Å²) in [5.41, 5.74) is 6.78. The van der Waals surface area contributed by atoms with Gasteiger partial charge in [-0.15, -0.1) is 5.10 Å². The lowest BCUT2D eigenvalue weighted by atomic mass is 10.2. The SMILES string of the molecule is Cc1nc2c3ccccc3nc(NNC(=O)CCC(=O)NCCN3CCOCC3)n2n1. The number of benzene rings is 1. The summed E-state index contributed by atoms with van der Waals surface area (Å²) in [4.78, 5) is 35.4. The van der Waals surface area contributed by atoms with Crippen LogP contribution >= 0.6 is 0 Å². The monoisotopic (exact) mass is 426 g/mol. The van der Waals surface area contributed by atoms with Crippen molar-refractivity contribution in [2.45, 2.75) is 19.8 Å². The van der Waals surface area contributed by atoms with Gasteiger partial charge in [-0.3, -0.25) is 25.3 Å². The van der Waals surface area contributed by atoms with Crippen LogP contribution in [-0.4, -0.2) is 75.7 Å². The number of hydrazine groups is 1. The Labute approximate surface area is 179 Å². The second-order valence-electron chi connectivity index (χ2n) is 7.32. The highest BCUT2D eigenvalue weighted by Gasteiger charge is 2.14. The van der Waals surface area contributed by atoms with Crippen molar-refractivity contribution < 1.29 is 14.3 Å². The van der Waals surface area contributed by atoms with E-state index in [2.05, 4.69) is 36.1 Å². The molecule has 0 spiro atoms. The maximum absolute atomic E-state index is 12.2. The van der Waals surface area contributed by atoms with Crippen LogP contribution in [0, 0.1) is 6.92 Å². The van der Waals surface area contributed by atoms with Gasteiger partial charge in [0.25, 0.3) is 0 Å². The largest absolute Gasteiger partial charge is 0.379 e. The molecule has 164 valence electrons.